The van der Waals surface area contributed by atoms with Gasteiger partial charge in [0.05, 0.1) is 5.56 Å². The summed E-state index contributed by atoms with van der Waals surface area (Å²) in [7, 11) is 0. The Balaban J connectivity index is 0.00000200. The molecule has 1 fully saturated rings. The Bertz CT molecular complexity index is 425. The number of amides is 1. The number of halogens is 2. The first-order chi connectivity index (χ1) is 9.25. The molecule has 1 saturated heterocycles. The molecule has 1 aliphatic rings. The number of aromatic nitrogens is 1. The second-order valence-corrected chi connectivity index (χ2v) is 4.95. The van der Waals surface area contributed by atoms with Gasteiger partial charge in [0, 0.05) is 45.1 Å². The third-order valence-electron chi connectivity index (χ3n) is 3.28. The molecular weight excluding hydrogens is 311 g/mol. The summed E-state index contributed by atoms with van der Waals surface area (Å²) in [6.07, 6.45) is 4.35. The highest BCUT2D eigenvalue weighted by Gasteiger charge is 2.09. The number of aryl methyl sites for hydroxylation is 1. The normalized spacial score (nSPS) is 14.7. The number of piperazine rings is 1. The molecule has 0 atom stereocenters. The molecule has 120 valence electrons. The summed E-state index contributed by atoms with van der Waals surface area (Å²) in [5.74, 6) is -0.0310. The Morgan fingerprint density at radius 3 is 2.71 bits per heavy atom. The van der Waals surface area contributed by atoms with Gasteiger partial charge in [0.15, 0.2) is 0 Å². The molecule has 0 spiro atoms. The third-order valence-corrected chi connectivity index (χ3v) is 3.28. The number of rotatable bonds is 5. The lowest BCUT2D eigenvalue weighted by atomic mass is 10.2. The molecule has 0 bridgehead atoms. The van der Waals surface area contributed by atoms with Crippen LogP contribution in [0.1, 0.15) is 22.3 Å². The number of nitrogens with zero attached hydrogens (tertiary/aromatic N) is 2. The van der Waals surface area contributed by atoms with Gasteiger partial charge < -0.3 is 15.5 Å². The van der Waals surface area contributed by atoms with Crippen molar-refractivity contribution >= 4 is 30.7 Å². The maximum atomic E-state index is 11.9. The van der Waals surface area contributed by atoms with Crippen molar-refractivity contribution in [2.75, 3.05) is 39.3 Å². The molecular formula is C14H24Cl2N4O. The molecule has 2 N–H and O–H groups in total. The van der Waals surface area contributed by atoms with Crippen molar-refractivity contribution in [3.63, 3.8) is 0 Å². The molecule has 2 rings (SSSR count). The van der Waals surface area contributed by atoms with Gasteiger partial charge in [0.2, 0.25) is 0 Å². The van der Waals surface area contributed by atoms with E-state index in [1.54, 1.807) is 12.4 Å². The second-order valence-electron chi connectivity index (χ2n) is 4.95. The third kappa shape index (κ3) is 7.09. The van der Waals surface area contributed by atoms with Gasteiger partial charge in [-0.05, 0) is 31.5 Å². The molecule has 1 aromatic rings. The fourth-order valence-corrected chi connectivity index (χ4v) is 2.22. The molecule has 1 aliphatic heterocycles. The van der Waals surface area contributed by atoms with Crippen LogP contribution >= 0.6 is 24.8 Å². The van der Waals surface area contributed by atoms with E-state index in [9.17, 15) is 4.79 Å². The monoisotopic (exact) mass is 334 g/mol. The van der Waals surface area contributed by atoms with Gasteiger partial charge in [0.25, 0.3) is 5.91 Å². The number of nitrogens with one attached hydrogen (secondary N) is 2. The summed E-state index contributed by atoms with van der Waals surface area (Å²) in [5, 5.41) is 6.28. The van der Waals surface area contributed by atoms with Crippen LogP contribution in [0.2, 0.25) is 0 Å². The zero-order valence-electron chi connectivity index (χ0n) is 12.3. The first-order valence-corrected chi connectivity index (χ1v) is 6.88. The average molecular weight is 335 g/mol. The lowest BCUT2D eigenvalue weighted by Gasteiger charge is -2.27. The SMILES string of the molecule is Cc1cncc(C(=O)NCCCN2CCNCC2)c1.Cl.Cl. The van der Waals surface area contributed by atoms with Crippen LogP contribution in [-0.2, 0) is 0 Å². The fourth-order valence-electron chi connectivity index (χ4n) is 2.22. The molecule has 21 heavy (non-hydrogen) atoms. The van der Waals surface area contributed by atoms with Crippen LogP contribution in [0.3, 0.4) is 0 Å². The molecule has 0 aliphatic carbocycles. The lowest BCUT2D eigenvalue weighted by Crippen LogP contribution is -2.44. The van der Waals surface area contributed by atoms with E-state index in [2.05, 4.69) is 20.5 Å². The molecule has 5 nitrogen and oxygen atoms in total. The van der Waals surface area contributed by atoms with Gasteiger partial charge in [-0.25, -0.2) is 0 Å². The van der Waals surface area contributed by atoms with Crippen LogP contribution in [0.15, 0.2) is 18.5 Å². The standard InChI is InChI=1S/C14H22N4O.2ClH/c1-12-9-13(11-16-10-12)14(19)17-3-2-6-18-7-4-15-5-8-18;;/h9-11,15H,2-8H2,1H3,(H,17,19);2*1H. The molecule has 0 aromatic carbocycles. The van der Waals surface area contributed by atoms with Crippen LogP contribution in [0.25, 0.3) is 0 Å². The van der Waals surface area contributed by atoms with E-state index in [4.69, 9.17) is 0 Å². The number of hydrogen-bond acceptors (Lipinski definition) is 4. The Kier molecular flexibility index (Phi) is 10.3. The molecule has 1 amide bonds. The molecule has 0 radical (unpaired) electrons. The number of carbonyl (C=O) groups excluding carboxylic acids is 1. The van der Waals surface area contributed by atoms with Crippen LogP contribution in [0, 0.1) is 6.92 Å². The maximum Gasteiger partial charge on any atom is 0.252 e. The van der Waals surface area contributed by atoms with Crippen molar-refractivity contribution in [2.45, 2.75) is 13.3 Å². The van der Waals surface area contributed by atoms with Gasteiger partial charge in [0.1, 0.15) is 0 Å². The zero-order valence-corrected chi connectivity index (χ0v) is 13.9. The number of pyridine rings is 1. The number of carbonyl (C=O) groups is 1. The molecule has 0 saturated carbocycles. The van der Waals surface area contributed by atoms with E-state index in [0.29, 0.717) is 5.56 Å². The summed E-state index contributed by atoms with van der Waals surface area (Å²) in [5.41, 5.74) is 1.65. The highest BCUT2D eigenvalue weighted by molar-refractivity contribution is 5.93. The van der Waals surface area contributed by atoms with Gasteiger partial charge in [-0.1, -0.05) is 0 Å². The minimum Gasteiger partial charge on any atom is -0.352 e. The van der Waals surface area contributed by atoms with Crippen molar-refractivity contribution < 1.29 is 4.79 Å². The van der Waals surface area contributed by atoms with Crippen LogP contribution in [-0.4, -0.2) is 55.1 Å². The van der Waals surface area contributed by atoms with Crippen molar-refractivity contribution in [2.24, 2.45) is 0 Å². The predicted molar refractivity (Wildman–Crippen MR) is 89.7 cm³/mol. The topological polar surface area (TPSA) is 57.3 Å². The second kappa shape index (κ2) is 10.8. The largest absolute Gasteiger partial charge is 0.352 e. The molecule has 7 heteroatoms. The fraction of sp³-hybridized carbons (Fsp3) is 0.571. The Morgan fingerprint density at radius 1 is 1.33 bits per heavy atom. The Hall–Kier alpha value is -0.880. The summed E-state index contributed by atoms with van der Waals surface area (Å²) in [6.45, 7) is 8.06. The van der Waals surface area contributed by atoms with E-state index in [1.807, 2.05) is 13.0 Å². The summed E-state index contributed by atoms with van der Waals surface area (Å²) >= 11 is 0. The summed E-state index contributed by atoms with van der Waals surface area (Å²) < 4.78 is 0. The van der Waals surface area contributed by atoms with E-state index >= 15 is 0 Å². The molecule has 1 aromatic heterocycles. The quantitative estimate of drug-likeness (QED) is 0.796. The van der Waals surface area contributed by atoms with E-state index in [-0.39, 0.29) is 30.7 Å². The highest BCUT2D eigenvalue weighted by atomic mass is 35.5. The van der Waals surface area contributed by atoms with Crippen molar-refractivity contribution in [1.82, 2.24) is 20.5 Å². The average Bonchev–Trinajstić information content (AvgIpc) is 2.44. The van der Waals surface area contributed by atoms with Crippen LogP contribution in [0.4, 0.5) is 0 Å². The first kappa shape index (κ1) is 20.1. The van der Waals surface area contributed by atoms with Crippen molar-refractivity contribution in [3.8, 4) is 0 Å². The van der Waals surface area contributed by atoms with E-state index in [0.717, 1.165) is 51.3 Å². The molecule has 2 heterocycles. The van der Waals surface area contributed by atoms with E-state index < -0.39 is 0 Å². The van der Waals surface area contributed by atoms with Gasteiger partial charge in [-0.2, -0.15) is 0 Å². The maximum absolute atomic E-state index is 11.9. The van der Waals surface area contributed by atoms with Crippen LogP contribution in [0.5, 0.6) is 0 Å². The smallest absolute Gasteiger partial charge is 0.252 e. The lowest BCUT2D eigenvalue weighted by molar-refractivity contribution is 0.0951. The highest BCUT2D eigenvalue weighted by Crippen LogP contribution is 2.01. The zero-order chi connectivity index (χ0) is 13.5. The minimum atomic E-state index is -0.0310. The molecule has 0 unspecified atom stereocenters. The summed E-state index contributed by atoms with van der Waals surface area (Å²) in [4.78, 5) is 18.3. The van der Waals surface area contributed by atoms with Crippen LogP contribution < -0.4 is 10.6 Å². The van der Waals surface area contributed by atoms with Crippen molar-refractivity contribution in [1.29, 1.82) is 0 Å². The predicted octanol–water partition coefficient (Wildman–Crippen LogP) is 1.26. The Labute approximate surface area is 138 Å². The van der Waals surface area contributed by atoms with Crippen molar-refractivity contribution in [3.05, 3.63) is 29.6 Å². The van der Waals surface area contributed by atoms with Gasteiger partial charge >= 0.3 is 0 Å². The summed E-state index contributed by atoms with van der Waals surface area (Å²) in [6, 6.07) is 1.86. The van der Waals surface area contributed by atoms with Gasteiger partial charge in [-0.3, -0.25) is 9.78 Å². The van der Waals surface area contributed by atoms with Gasteiger partial charge in [-0.15, -0.1) is 24.8 Å². The number of hydrogen-bond donors (Lipinski definition) is 2. The first-order valence-electron chi connectivity index (χ1n) is 6.88. The minimum absolute atomic E-state index is 0. The van der Waals surface area contributed by atoms with E-state index in [1.165, 1.54) is 0 Å². The Morgan fingerprint density at radius 2 is 2.05 bits per heavy atom.